The van der Waals surface area contributed by atoms with E-state index >= 15 is 0 Å². The largest absolute Gasteiger partial charge is 0.359 e. The highest BCUT2D eigenvalue weighted by atomic mass is 127. The first kappa shape index (κ1) is 17.0. The molecular weight excluding hydrogens is 423 g/mol. The third-order valence-electron chi connectivity index (χ3n) is 4.89. The Balaban J connectivity index is 2.07. The smallest absolute Gasteiger partial charge is 0.147 e. The Morgan fingerprint density at radius 2 is 1.84 bits per heavy atom. The monoisotopic (exact) mass is 444 g/mol. The maximum absolute atomic E-state index is 6.08. The van der Waals surface area contributed by atoms with Crippen LogP contribution < -0.4 is 20.9 Å². The van der Waals surface area contributed by atoms with Gasteiger partial charge in [-0.1, -0.05) is 48.6 Å². The van der Waals surface area contributed by atoms with E-state index in [-0.39, 0.29) is 6.10 Å². The Bertz CT molecular complexity index is 1040. The van der Waals surface area contributed by atoms with Crippen LogP contribution in [0.25, 0.3) is 23.8 Å². The van der Waals surface area contributed by atoms with E-state index in [4.69, 9.17) is 9.47 Å². The molecule has 2 aliphatic carbocycles. The van der Waals surface area contributed by atoms with Gasteiger partial charge < -0.3 is 9.47 Å². The quantitative estimate of drug-likeness (QED) is 0.531. The molecule has 4 rings (SSSR count). The van der Waals surface area contributed by atoms with Gasteiger partial charge in [0.05, 0.1) is 6.10 Å². The first-order chi connectivity index (χ1) is 12.3. The van der Waals surface area contributed by atoms with Crippen LogP contribution in [-0.4, -0.2) is 20.0 Å². The predicted octanol–water partition coefficient (Wildman–Crippen LogP) is 2.02. The standard InChI is InChI=1S/C22H21IO2/c1-24-14-25-20-13-11-16-7-3-5-9-18(16)22(20)21-17-8-4-2-6-15(17)10-12-19(21)23/h3,5-12,20H,2,4,13-14H2,1H3/t20-/m1/s1. The Hall–Kier alpha value is -1.43. The fourth-order valence-electron chi connectivity index (χ4n) is 3.79. The second kappa shape index (κ2) is 7.44. The van der Waals surface area contributed by atoms with Gasteiger partial charge in [0.15, 0.2) is 0 Å². The maximum atomic E-state index is 6.08. The zero-order valence-corrected chi connectivity index (χ0v) is 16.5. The van der Waals surface area contributed by atoms with E-state index in [2.05, 4.69) is 77.2 Å². The van der Waals surface area contributed by atoms with Crippen molar-refractivity contribution in [3.8, 4) is 0 Å². The molecule has 0 aromatic heterocycles. The van der Waals surface area contributed by atoms with Crippen LogP contribution >= 0.6 is 22.6 Å². The van der Waals surface area contributed by atoms with Gasteiger partial charge in [-0.3, -0.25) is 0 Å². The summed E-state index contributed by atoms with van der Waals surface area (Å²) < 4.78 is 12.6. The van der Waals surface area contributed by atoms with E-state index in [0.29, 0.717) is 6.79 Å². The highest BCUT2D eigenvalue weighted by Gasteiger charge is 2.23. The second-order valence-corrected chi connectivity index (χ2v) is 7.58. The summed E-state index contributed by atoms with van der Waals surface area (Å²) >= 11 is 2.46. The minimum atomic E-state index is 0.0187. The fraction of sp³-hybridized carbons (Fsp3) is 0.273. The van der Waals surface area contributed by atoms with Crippen molar-refractivity contribution in [3.05, 3.63) is 66.4 Å². The van der Waals surface area contributed by atoms with Crippen LogP contribution in [-0.2, 0) is 9.47 Å². The number of ether oxygens (including phenoxy) is 2. The van der Waals surface area contributed by atoms with Gasteiger partial charge in [0.25, 0.3) is 0 Å². The summed E-state index contributed by atoms with van der Waals surface area (Å²) in [5.74, 6) is 0. The minimum Gasteiger partial charge on any atom is -0.359 e. The SMILES string of the molecule is COCO[C@@H]1CC=c2ccccc2=C1c1c(I)ccc2c1=CCCC=2. The van der Waals surface area contributed by atoms with E-state index in [9.17, 15) is 0 Å². The zero-order chi connectivity index (χ0) is 17.2. The molecule has 2 aromatic carbocycles. The Morgan fingerprint density at radius 3 is 2.72 bits per heavy atom. The van der Waals surface area contributed by atoms with Crippen molar-refractivity contribution < 1.29 is 9.47 Å². The number of halogens is 1. The Labute approximate surface area is 161 Å². The molecule has 0 bridgehead atoms. The van der Waals surface area contributed by atoms with E-state index in [1.807, 2.05) is 0 Å². The van der Waals surface area contributed by atoms with Crippen molar-refractivity contribution in [1.82, 2.24) is 0 Å². The lowest BCUT2D eigenvalue weighted by Gasteiger charge is -2.25. The first-order valence-electron chi connectivity index (χ1n) is 8.69. The number of methoxy groups -OCH3 is 1. The lowest BCUT2D eigenvalue weighted by molar-refractivity contribution is -0.0504. The summed E-state index contributed by atoms with van der Waals surface area (Å²) in [6.07, 6.45) is 10.1. The van der Waals surface area contributed by atoms with Crippen molar-refractivity contribution in [2.45, 2.75) is 25.4 Å². The second-order valence-electron chi connectivity index (χ2n) is 6.41. The van der Waals surface area contributed by atoms with Crippen molar-refractivity contribution >= 4 is 46.4 Å². The summed E-state index contributed by atoms with van der Waals surface area (Å²) in [4.78, 5) is 0. The third kappa shape index (κ3) is 3.21. The summed E-state index contributed by atoms with van der Waals surface area (Å²) in [5, 5.41) is 5.27. The third-order valence-corrected chi connectivity index (χ3v) is 5.79. The molecular formula is C22H21IO2. The Kier molecular flexibility index (Phi) is 5.06. The van der Waals surface area contributed by atoms with Crippen LogP contribution in [0.3, 0.4) is 0 Å². The molecule has 0 aliphatic heterocycles. The van der Waals surface area contributed by atoms with Crippen LogP contribution in [0.5, 0.6) is 0 Å². The number of rotatable bonds is 4. The highest BCUT2D eigenvalue weighted by molar-refractivity contribution is 14.1. The molecule has 0 amide bonds. The molecule has 3 heteroatoms. The normalized spacial score (nSPS) is 18.5. The Morgan fingerprint density at radius 1 is 1.00 bits per heavy atom. The van der Waals surface area contributed by atoms with Crippen molar-refractivity contribution in [2.24, 2.45) is 0 Å². The molecule has 0 radical (unpaired) electrons. The molecule has 0 heterocycles. The lowest BCUT2D eigenvalue weighted by Crippen LogP contribution is -2.41. The molecule has 0 unspecified atom stereocenters. The van der Waals surface area contributed by atoms with Gasteiger partial charge in [0, 0.05) is 16.2 Å². The van der Waals surface area contributed by atoms with Gasteiger partial charge in [-0.2, -0.15) is 0 Å². The van der Waals surface area contributed by atoms with Crippen molar-refractivity contribution in [1.29, 1.82) is 0 Å². The summed E-state index contributed by atoms with van der Waals surface area (Å²) in [7, 11) is 1.68. The molecule has 25 heavy (non-hydrogen) atoms. The van der Waals surface area contributed by atoms with E-state index < -0.39 is 0 Å². The van der Waals surface area contributed by atoms with Crippen LogP contribution in [0.15, 0.2) is 36.4 Å². The summed E-state index contributed by atoms with van der Waals surface area (Å²) in [6.45, 7) is 0.311. The average molecular weight is 444 g/mol. The number of benzene rings is 2. The number of hydrogen-bond donors (Lipinski definition) is 0. The molecule has 2 aliphatic rings. The molecule has 0 fully saturated rings. The van der Waals surface area contributed by atoms with Gasteiger partial charge in [-0.25, -0.2) is 0 Å². The summed E-state index contributed by atoms with van der Waals surface area (Å²) in [6, 6.07) is 13.1. The van der Waals surface area contributed by atoms with Gasteiger partial charge in [0.1, 0.15) is 6.79 Å². The van der Waals surface area contributed by atoms with Crippen LogP contribution in [0.4, 0.5) is 0 Å². The zero-order valence-electron chi connectivity index (χ0n) is 14.3. The topological polar surface area (TPSA) is 18.5 Å². The predicted molar refractivity (Wildman–Crippen MR) is 111 cm³/mol. The van der Waals surface area contributed by atoms with Gasteiger partial charge in [0.2, 0.25) is 0 Å². The highest BCUT2D eigenvalue weighted by Crippen LogP contribution is 2.24. The molecule has 0 spiro atoms. The molecule has 0 N–H and O–H groups in total. The maximum Gasteiger partial charge on any atom is 0.147 e. The van der Waals surface area contributed by atoms with Crippen LogP contribution in [0, 0.1) is 3.57 Å². The average Bonchev–Trinajstić information content (AvgIpc) is 2.66. The van der Waals surface area contributed by atoms with E-state index in [0.717, 1.165) is 19.3 Å². The van der Waals surface area contributed by atoms with Gasteiger partial charge in [-0.05, 0) is 74.4 Å². The molecule has 0 saturated heterocycles. The molecule has 1 atom stereocenters. The van der Waals surface area contributed by atoms with Crippen molar-refractivity contribution in [2.75, 3.05) is 13.9 Å². The van der Waals surface area contributed by atoms with E-state index in [1.54, 1.807) is 7.11 Å². The van der Waals surface area contributed by atoms with Crippen LogP contribution in [0.2, 0.25) is 0 Å². The molecule has 0 saturated carbocycles. The van der Waals surface area contributed by atoms with Crippen LogP contribution in [0.1, 0.15) is 24.8 Å². The molecule has 2 nitrogen and oxygen atoms in total. The molecule has 128 valence electrons. The minimum absolute atomic E-state index is 0.0187. The summed E-state index contributed by atoms with van der Waals surface area (Å²) in [5.41, 5.74) is 2.62. The van der Waals surface area contributed by atoms with Crippen molar-refractivity contribution in [3.63, 3.8) is 0 Å². The fourth-order valence-corrected chi connectivity index (χ4v) is 4.55. The molecule has 2 aromatic rings. The lowest BCUT2D eigenvalue weighted by atomic mass is 9.88. The number of fused-ring (bicyclic) bond motifs is 2. The van der Waals surface area contributed by atoms with Gasteiger partial charge >= 0.3 is 0 Å². The number of hydrogen-bond acceptors (Lipinski definition) is 2. The van der Waals surface area contributed by atoms with E-state index in [1.165, 1.54) is 35.6 Å². The van der Waals surface area contributed by atoms with Gasteiger partial charge in [-0.15, -0.1) is 0 Å². The first-order valence-corrected chi connectivity index (χ1v) is 9.76.